The molecular weight excluding hydrogens is 232 g/mol. The Morgan fingerprint density at radius 3 is 2.50 bits per heavy atom. The lowest BCUT2D eigenvalue weighted by molar-refractivity contribution is -0.231. The van der Waals surface area contributed by atoms with E-state index >= 15 is 0 Å². The Morgan fingerprint density at radius 2 is 1.89 bits per heavy atom. The number of fused-ring (bicyclic) bond motifs is 1. The number of benzene rings is 1. The first kappa shape index (κ1) is 13.3. The minimum absolute atomic E-state index is 0.141. The smallest absolute Gasteiger partial charge is 0.197 e. The van der Waals surface area contributed by atoms with E-state index in [9.17, 15) is 5.11 Å². The Hall–Kier alpha value is -1.10. The van der Waals surface area contributed by atoms with Crippen molar-refractivity contribution in [2.24, 2.45) is 5.92 Å². The number of aliphatic hydroxyl groups is 1. The zero-order chi connectivity index (χ0) is 13.3. The van der Waals surface area contributed by atoms with E-state index in [1.54, 1.807) is 14.2 Å². The fraction of sp³-hybridized carbons (Fsp3) is 0.571. The second-order valence-electron chi connectivity index (χ2n) is 4.86. The van der Waals surface area contributed by atoms with Gasteiger partial charge in [0.25, 0.3) is 0 Å². The summed E-state index contributed by atoms with van der Waals surface area (Å²) < 4.78 is 16.7. The van der Waals surface area contributed by atoms with E-state index in [2.05, 4.69) is 0 Å². The molecule has 0 aliphatic carbocycles. The van der Waals surface area contributed by atoms with Gasteiger partial charge in [-0.3, -0.25) is 0 Å². The van der Waals surface area contributed by atoms with Gasteiger partial charge in [0.2, 0.25) is 0 Å². The summed E-state index contributed by atoms with van der Waals surface area (Å²) in [4.78, 5) is 0. The third-order valence-corrected chi connectivity index (χ3v) is 3.84. The molecule has 0 aromatic heterocycles. The second-order valence-corrected chi connectivity index (χ2v) is 4.86. The average Bonchev–Trinajstić information content (AvgIpc) is 2.37. The maximum Gasteiger partial charge on any atom is 0.197 e. The molecule has 2 rings (SSSR count). The predicted molar refractivity (Wildman–Crippen MR) is 67.4 cm³/mol. The molecule has 0 saturated heterocycles. The molecule has 0 amide bonds. The highest BCUT2D eigenvalue weighted by atomic mass is 16.7. The highest BCUT2D eigenvalue weighted by Crippen LogP contribution is 2.45. The van der Waals surface area contributed by atoms with Crippen molar-refractivity contribution >= 4 is 0 Å². The summed E-state index contributed by atoms with van der Waals surface area (Å²) >= 11 is 0. The molecule has 100 valence electrons. The van der Waals surface area contributed by atoms with Crippen LogP contribution in [0.3, 0.4) is 0 Å². The molecule has 3 unspecified atom stereocenters. The number of aliphatic hydroxyl groups excluding tert-OH is 1. The molecule has 18 heavy (non-hydrogen) atoms. The van der Waals surface area contributed by atoms with E-state index in [0.29, 0.717) is 5.75 Å². The lowest BCUT2D eigenvalue weighted by Crippen LogP contribution is -2.55. The highest BCUT2D eigenvalue weighted by Gasteiger charge is 2.49. The van der Waals surface area contributed by atoms with Gasteiger partial charge >= 0.3 is 0 Å². The summed E-state index contributed by atoms with van der Waals surface area (Å²) in [6.07, 6.45) is -1.12. The Kier molecular flexibility index (Phi) is 3.61. The van der Waals surface area contributed by atoms with Crippen LogP contribution < -0.4 is 4.74 Å². The van der Waals surface area contributed by atoms with Crippen LogP contribution >= 0.6 is 0 Å². The lowest BCUT2D eigenvalue weighted by atomic mass is 9.79. The summed E-state index contributed by atoms with van der Waals surface area (Å²) in [5.41, 5.74) is 0.0884. The summed E-state index contributed by atoms with van der Waals surface area (Å²) in [5, 5.41) is 10.4. The van der Waals surface area contributed by atoms with Crippen molar-refractivity contribution in [3.05, 3.63) is 29.8 Å². The van der Waals surface area contributed by atoms with E-state index in [1.165, 1.54) is 0 Å². The van der Waals surface area contributed by atoms with Crippen LogP contribution in [0.5, 0.6) is 5.75 Å². The molecule has 3 atom stereocenters. The number of para-hydroxylation sites is 1. The van der Waals surface area contributed by atoms with Crippen molar-refractivity contribution < 1.29 is 19.3 Å². The number of hydrogen-bond donors (Lipinski definition) is 1. The normalized spacial score (nSPS) is 31.0. The number of methoxy groups -OCH3 is 2. The maximum absolute atomic E-state index is 10.4. The molecule has 0 bridgehead atoms. The van der Waals surface area contributed by atoms with Crippen LogP contribution in [0.15, 0.2) is 24.3 Å². The van der Waals surface area contributed by atoms with Gasteiger partial charge < -0.3 is 19.3 Å². The van der Waals surface area contributed by atoms with Gasteiger partial charge in [-0.25, -0.2) is 0 Å². The minimum Gasteiger partial charge on any atom is -0.481 e. The van der Waals surface area contributed by atoms with E-state index in [1.807, 2.05) is 38.1 Å². The first-order chi connectivity index (χ1) is 8.54. The van der Waals surface area contributed by atoms with Crippen LogP contribution in [0.4, 0.5) is 0 Å². The van der Waals surface area contributed by atoms with Crippen molar-refractivity contribution in [1.82, 2.24) is 0 Å². The van der Waals surface area contributed by atoms with Gasteiger partial charge in [0.15, 0.2) is 11.9 Å². The lowest BCUT2D eigenvalue weighted by Gasteiger charge is -2.46. The molecule has 1 heterocycles. The largest absolute Gasteiger partial charge is 0.481 e. The molecule has 0 spiro atoms. The predicted octanol–water partition coefficient (Wildman–Crippen LogP) is 2.13. The van der Waals surface area contributed by atoms with Crippen LogP contribution in [0.2, 0.25) is 0 Å². The Balaban J connectivity index is 2.42. The Morgan fingerprint density at radius 1 is 1.28 bits per heavy atom. The Bertz CT molecular complexity index is 416. The number of ether oxygens (including phenoxy) is 3. The van der Waals surface area contributed by atoms with Crippen LogP contribution in [-0.2, 0) is 9.47 Å². The van der Waals surface area contributed by atoms with Gasteiger partial charge in [-0.15, -0.1) is 0 Å². The van der Waals surface area contributed by atoms with Gasteiger partial charge in [-0.2, -0.15) is 0 Å². The first-order valence-corrected chi connectivity index (χ1v) is 6.06. The molecule has 1 aromatic rings. The highest BCUT2D eigenvalue weighted by molar-refractivity contribution is 5.38. The molecule has 0 fully saturated rings. The van der Waals surface area contributed by atoms with E-state index in [-0.39, 0.29) is 5.92 Å². The van der Waals surface area contributed by atoms with E-state index in [4.69, 9.17) is 14.2 Å². The van der Waals surface area contributed by atoms with Crippen LogP contribution in [0.1, 0.15) is 25.5 Å². The fourth-order valence-electron chi connectivity index (χ4n) is 2.56. The topological polar surface area (TPSA) is 47.9 Å². The zero-order valence-corrected chi connectivity index (χ0v) is 11.2. The van der Waals surface area contributed by atoms with Gasteiger partial charge in [0.05, 0.1) is 6.10 Å². The molecule has 1 aromatic carbocycles. The molecule has 4 heteroatoms. The van der Waals surface area contributed by atoms with Crippen LogP contribution in [0, 0.1) is 5.92 Å². The van der Waals surface area contributed by atoms with E-state index < -0.39 is 18.0 Å². The first-order valence-electron chi connectivity index (χ1n) is 6.06. The fourth-order valence-corrected chi connectivity index (χ4v) is 2.56. The quantitative estimate of drug-likeness (QED) is 0.837. The summed E-state index contributed by atoms with van der Waals surface area (Å²) in [6.45, 7) is 3.83. The van der Waals surface area contributed by atoms with Crippen molar-refractivity contribution in [1.29, 1.82) is 0 Å². The van der Waals surface area contributed by atoms with Crippen molar-refractivity contribution in [3.63, 3.8) is 0 Å². The van der Waals surface area contributed by atoms with Gasteiger partial charge in [0, 0.05) is 25.7 Å². The summed E-state index contributed by atoms with van der Waals surface area (Å²) in [7, 11) is 3.14. The molecular formula is C14H20O4. The van der Waals surface area contributed by atoms with E-state index in [0.717, 1.165) is 5.56 Å². The second kappa shape index (κ2) is 4.88. The van der Waals surface area contributed by atoms with Gasteiger partial charge in [0.1, 0.15) is 5.75 Å². The van der Waals surface area contributed by atoms with Crippen molar-refractivity contribution in [3.8, 4) is 5.75 Å². The van der Waals surface area contributed by atoms with Crippen molar-refractivity contribution in [2.45, 2.75) is 31.8 Å². The molecule has 0 saturated carbocycles. The molecule has 1 N–H and O–H groups in total. The molecule has 1 aliphatic rings. The molecule has 1 aliphatic heterocycles. The van der Waals surface area contributed by atoms with Gasteiger partial charge in [-0.1, -0.05) is 25.1 Å². The van der Waals surface area contributed by atoms with Crippen LogP contribution in [-0.4, -0.2) is 31.2 Å². The average molecular weight is 252 g/mol. The van der Waals surface area contributed by atoms with Crippen molar-refractivity contribution in [2.75, 3.05) is 14.2 Å². The maximum atomic E-state index is 10.4. The standard InChI is InChI=1S/C14H20O4/c1-9-12(15)10-7-5-6-8-11(10)18-14(9,2)13(16-3)17-4/h5-9,12-13,15H,1-4H3. The number of hydrogen-bond acceptors (Lipinski definition) is 4. The zero-order valence-electron chi connectivity index (χ0n) is 11.2. The minimum atomic E-state index is -0.725. The molecule has 4 nitrogen and oxygen atoms in total. The third-order valence-electron chi connectivity index (χ3n) is 3.84. The third kappa shape index (κ3) is 1.90. The summed E-state index contributed by atoms with van der Waals surface area (Å²) in [5.74, 6) is 0.544. The molecule has 0 radical (unpaired) electrons. The number of rotatable bonds is 3. The summed E-state index contributed by atoms with van der Waals surface area (Å²) in [6, 6.07) is 7.51. The monoisotopic (exact) mass is 252 g/mol. The SMILES string of the molecule is COC(OC)C1(C)Oc2ccccc2C(O)C1C. The van der Waals surface area contributed by atoms with Gasteiger partial charge in [-0.05, 0) is 13.0 Å². The Labute approximate surface area is 107 Å². The van der Waals surface area contributed by atoms with Crippen LogP contribution in [0.25, 0.3) is 0 Å².